The molecule has 0 bridgehead atoms. The van der Waals surface area contributed by atoms with Gasteiger partial charge in [-0.2, -0.15) is 0 Å². The summed E-state index contributed by atoms with van der Waals surface area (Å²) in [5.41, 5.74) is 6.22. The van der Waals surface area contributed by atoms with Gasteiger partial charge in [-0.05, 0) is 30.5 Å². The Morgan fingerprint density at radius 3 is 2.89 bits per heavy atom. The van der Waals surface area contributed by atoms with E-state index in [0.29, 0.717) is 24.4 Å². The molecule has 0 aromatic heterocycles. The molecule has 104 valence electrons. The number of carbonyl (C=O) groups is 1. The third-order valence-electron chi connectivity index (χ3n) is 2.56. The zero-order valence-corrected chi connectivity index (χ0v) is 11.4. The first-order valence-electron chi connectivity index (χ1n) is 6.09. The van der Waals surface area contributed by atoms with Gasteiger partial charge in [-0.25, -0.2) is 0 Å². The van der Waals surface area contributed by atoms with Gasteiger partial charge in [0.1, 0.15) is 5.84 Å². The smallest absolute Gasteiger partial charge is 0.224 e. The van der Waals surface area contributed by atoms with Crippen molar-refractivity contribution in [2.75, 3.05) is 6.54 Å². The van der Waals surface area contributed by atoms with E-state index >= 15 is 0 Å². The normalized spacial score (nSPS) is 11.3. The molecule has 5 nitrogen and oxygen atoms in total. The summed E-state index contributed by atoms with van der Waals surface area (Å²) < 4.78 is 0. The SMILES string of the molecule is NC(CCCCNC(=O)Cc1cccc(Cl)c1)=NO. The van der Waals surface area contributed by atoms with Gasteiger partial charge in [-0.3, -0.25) is 4.79 Å². The van der Waals surface area contributed by atoms with E-state index in [0.717, 1.165) is 18.4 Å². The minimum atomic E-state index is -0.0361. The molecule has 0 aliphatic heterocycles. The first-order valence-corrected chi connectivity index (χ1v) is 6.47. The van der Waals surface area contributed by atoms with Crippen LogP contribution in [-0.4, -0.2) is 23.5 Å². The molecule has 0 radical (unpaired) electrons. The molecule has 0 saturated carbocycles. The van der Waals surface area contributed by atoms with Crippen molar-refractivity contribution in [2.24, 2.45) is 10.9 Å². The Morgan fingerprint density at radius 1 is 1.42 bits per heavy atom. The van der Waals surface area contributed by atoms with Crippen LogP contribution < -0.4 is 11.1 Å². The fraction of sp³-hybridized carbons (Fsp3) is 0.385. The van der Waals surface area contributed by atoms with Gasteiger partial charge in [0.25, 0.3) is 0 Å². The average molecular weight is 284 g/mol. The van der Waals surface area contributed by atoms with Crippen LogP contribution in [0.15, 0.2) is 29.4 Å². The van der Waals surface area contributed by atoms with E-state index in [4.69, 9.17) is 22.5 Å². The molecule has 4 N–H and O–H groups in total. The lowest BCUT2D eigenvalue weighted by Crippen LogP contribution is -2.26. The van der Waals surface area contributed by atoms with Crippen LogP contribution in [0.3, 0.4) is 0 Å². The Morgan fingerprint density at radius 2 is 2.21 bits per heavy atom. The lowest BCUT2D eigenvalue weighted by Gasteiger charge is -2.05. The van der Waals surface area contributed by atoms with E-state index in [1.165, 1.54) is 0 Å². The molecular formula is C13H18ClN3O2. The number of nitrogens with zero attached hydrogens (tertiary/aromatic N) is 1. The number of unbranched alkanes of at least 4 members (excludes halogenated alkanes) is 1. The molecule has 0 aliphatic carbocycles. The summed E-state index contributed by atoms with van der Waals surface area (Å²) in [4.78, 5) is 11.6. The van der Waals surface area contributed by atoms with Crippen LogP contribution in [0.25, 0.3) is 0 Å². The number of oxime groups is 1. The maximum absolute atomic E-state index is 11.6. The summed E-state index contributed by atoms with van der Waals surface area (Å²) in [6.07, 6.45) is 2.41. The highest BCUT2D eigenvalue weighted by Gasteiger charge is 2.03. The molecule has 0 spiro atoms. The molecule has 6 heteroatoms. The standard InChI is InChI=1S/C13H18ClN3O2/c14-11-5-3-4-10(8-11)9-13(18)16-7-2-1-6-12(15)17-19/h3-5,8,19H,1-2,6-7,9H2,(H2,15,17)(H,16,18). The average Bonchev–Trinajstić information content (AvgIpc) is 2.38. The first-order chi connectivity index (χ1) is 9.11. The zero-order valence-electron chi connectivity index (χ0n) is 10.6. The zero-order chi connectivity index (χ0) is 14.1. The number of nitrogens with two attached hydrogens (primary N) is 1. The molecule has 1 aromatic carbocycles. The number of carbonyl (C=O) groups excluding carboxylic acids is 1. The number of hydrogen-bond donors (Lipinski definition) is 3. The molecule has 0 heterocycles. The van der Waals surface area contributed by atoms with Crippen LogP contribution in [0.4, 0.5) is 0 Å². The van der Waals surface area contributed by atoms with Gasteiger partial charge < -0.3 is 16.3 Å². The minimum absolute atomic E-state index is 0.0361. The van der Waals surface area contributed by atoms with Crippen LogP contribution in [-0.2, 0) is 11.2 Å². The largest absolute Gasteiger partial charge is 0.409 e. The van der Waals surface area contributed by atoms with Crippen LogP contribution in [0, 0.1) is 0 Å². The van der Waals surface area contributed by atoms with Gasteiger partial charge in [0.05, 0.1) is 6.42 Å². The summed E-state index contributed by atoms with van der Waals surface area (Å²) in [5.74, 6) is 0.177. The lowest BCUT2D eigenvalue weighted by atomic mass is 10.1. The maximum atomic E-state index is 11.6. The second kappa shape index (κ2) is 8.37. The van der Waals surface area contributed by atoms with Crippen molar-refractivity contribution in [3.8, 4) is 0 Å². The summed E-state index contributed by atoms with van der Waals surface area (Å²) >= 11 is 5.84. The van der Waals surface area contributed by atoms with E-state index in [-0.39, 0.29) is 11.7 Å². The van der Waals surface area contributed by atoms with Gasteiger partial charge in [-0.1, -0.05) is 28.9 Å². The van der Waals surface area contributed by atoms with Crippen LogP contribution in [0.1, 0.15) is 24.8 Å². The Balaban J connectivity index is 2.18. The third-order valence-corrected chi connectivity index (χ3v) is 2.80. The van der Waals surface area contributed by atoms with Crippen molar-refractivity contribution in [1.82, 2.24) is 5.32 Å². The van der Waals surface area contributed by atoms with Crippen molar-refractivity contribution in [3.05, 3.63) is 34.9 Å². The van der Waals surface area contributed by atoms with Crippen molar-refractivity contribution in [3.63, 3.8) is 0 Å². The fourth-order valence-electron chi connectivity index (χ4n) is 1.60. The number of rotatable bonds is 7. The molecule has 0 saturated heterocycles. The second-order valence-electron chi connectivity index (χ2n) is 4.21. The van der Waals surface area contributed by atoms with E-state index in [1.807, 2.05) is 12.1 Å². The predicted molar refractivity (Wildman–Crippen MR) is 75.4 cm³/mol. The lowest BCUT2D eigenvalue weighted by molar-refractivity contribution is -0.120. The molecule has 1 aromatic rings. The third kappa shape index (κ3) is 6.67. The Kier molecular flexibility index (Phi) is 6.74. The summed E-state index contributed by atoms with van der Waals surface area (Å²) in [5, 5.41) is 14.7. The fourth-order valence-corrected chi connectivity index (χ4v) is 1.82. The Bertz CT molecular complexity index is 449. The van der Waals surface area contributed by atoms with E-state index in [9.17, 15) is 4.79 Å². The highest BCUT2D eigenvalue weighted by molar-refractivity contribution is 6.30. The first kappa shape index (κ1) is 15.3. The summed E-state index contributed by atoms with van der Waals surface area (Å²) in [6.45, 7) is 0.581. The van der Waals surface area contributed by atoms with Crippen molar-refractivity contribution in [2.45, 2.75) is 25.7 Å². The topological polar surface area (TPSA) is 87.7 Å². The molecule has 0 aliphatic rings. The van der Waals surface area contributed by atoms with Crippen LogP contribution in [0.2, 0.25) is 5.02 Å². The Labute approximate surface area is 117 Å². The maximum Gasteiger partial charge on any atom is 0.224 e. The molecule has 1 rings (SSSR count). The second-order valence-corrected chi connectivity index (χ2v) is 4.64. The van der Waals surface area contributed by atoms with Gasteiger partial charge in [-0.15, -0.1) is 0 Å². The number of nitrogens with one attached hydrogen (secondary N) is 1. The quantitative estimate of drug-likeness (QED) is 0.235. The number of amides is 1. The molecular weight excluding hydrogens is 266 g/mol. The molecule has 0 unspecified atom stereocenters. The molecule has 1 amide bonds. The number of hydrogen-bond acceptors (Lipinski definition) is 3. The molecule has 19 heavy (non-hydrogen) atoms. The van der Waals surface area contributed by atoms with Crippen molar-refractivity contribution >= 4 is 23.3 Å². The highest BCUT2D eigenvalue weighted by Crippen LogP contribution is 2.10. The van der Waals surface area contributed by atoms with Gasteiger partial charge >= 0.3 is 0 Å². The Hall–Kier alpha value is -1.75. The van der Waals surface area contributed by atoms with E-state index < -0.39 is 0 Å². The van der Waals surface area contributed by atoms with Crippen molar-refractivity contribution in [1.29, 1.82) is 0 Å². The summed E-state index contributed by atoms with van der Waals surface area (Å²) in [6, 6.07) is 7.24. The van der Waals surface area contributed by atoms with Crippen LogP contribution in [0.5, 0.6) is 0 Å². The minimum Gasteiger partial charge on any atom is -0.409 e. The summed E-state index contributed by atoms with van der Waals surface area (Å²) in [7, 11) is 0. The number of benzene rings is 1. The van der Waals surface area contributed by atoms with E-state index in [1.54, 1.807) is 12.1 Å². The van der Waals surface area contributed by atoms with Gasteiger partial charge in [0.15, 0.2) is 0 Å². The van der Waals surface area contributed by atoms with Gasteiger partial charge in [0.2, 0.25) is 5.91 Å². The highest BCUT2D eigenvalue weighted by atomic mass is 35.5. The molecule has 0 atom stereocenters. The van der Waals surface area contributed by atoms with E-state index in [2.05, 4.69) is 10.5 Å². The predicted octanol–water partition coefficient (Wildman–Crippen LogP) is 1.92. The van der Waals surface area contributed by atoms with Gasteiger partial charge in [0, 0.05) is 18.0 Å². The number of amidine groups is 1. The van der Waals surface area contributed by atoms with Crippen molar-refractivity contribution < 1.29 is 10.0 Å². The monoisotopic (exact) mass is 283 g/mol. The molecule has 0 fully saturated rings. The number of halogens is 1. The van der Waals surface area contributed by atoms with Crippen LogP contribution >= 0.6 is 11.6 Å².